The van der Waals surface area contributed by atoms with Crippen molar-refractivity contribution in [2.24, 2.45) is 0 Å². The Kier molecular flexibility index (Phi) is 3.86. The maximum absolute atomic E-state index is 14.4. The number of carbonyl (C=O) groups excluding carboxylic acids is 1. The molecule has 1 amide bonds. The fourth-order valence-corrected chi connectivity index (χ4v) is 4.81. The average molecular weight is 333 g/mol. The number of likely N-dealkylation sites (tertiary alicyclic amines) is 1. The number of nitrogens with one attached hydrogen (secondary N) is 1. The Hall–Kier alpha value is -1.50. The molecule has 6 heteroatoms. The average Bonchev–Trinajstić information content (AvgIpc) is 2.94. The van der Waals surface area contributed by atoms with Gasteiger partial charge in [0, 0.05) is 35.8 Å². The largest absolute Gasteiger partial charge is 0.301 e. The Balaban J connectivity index is 1.48. The fraction of sp³-hybridized carbons (Fsp3) is 0.611. The zero-order chi connectivity index (χ0) is 16.9. The molecule has 2 N–H and O–H groups in total. The van der Waals surface area contributed by atoms with E-state index in [0.29, 0.717) is 23.7 Å². The zero-order valence-corrected chi connectivity index (χ0v) is 14.0. The summed E-state index contributed by atoms with van der Waals surface area (Å²) in [6, 6.07) is 3.47. The van der Waals surface area contributed by atoms with E-state index in [0.717, 1.165) is 18.5 Å². The van der Waals surface area contributed by atoms with E-state index in [4.69, 9.17) is 5.21 Å². The lowest BCUT2D eigenvalue weighted by molar-refractivity contribution is -0.0210. The van der Waals surface area contributed by atoms with Gasteiger partial charge in [0.1, 0.15) is 5.82 Å². The monoisotopic (exact) mass is 333 g/mol. The summed E-state index contributed by atoms with van der Waals surface area (Å²) in [5, 5.41) is 8.73. The van der Waals surface area contributed by atoms with Crippen LogP contribution in [0.2, 0.25) is 0 Å². The number of carbonyl (C=O) groups is 1. The number of hydrogen-bond acceptors (Lipinski definition) is 4. The van der Waals surface area contributed by atoms with Crippen molar-refractivity contribution in [1.82, 2.24) is 15.3 Å². The van der Waals surface area contributed by atoms with E-state index >= 15 is 0 Å². The Bertz CT molecular complexity index is 672. The highest BCUT2D eigenvalue weighted by Gasteiger charge is 2.51. The van der Waals surface area contributed by atoms with Gasteiger partial charge in [-0.15, -0.1) is 0 Å². The normalized spacial score (nSPS) is 30.2. The first-order valence-electron chi connectivity index (χ1n) is 8.73. The van der Waals surface area contributed by atoms with Crippen LogP contribution in [0.25, 0.3) is 0 Å². The van der Waals surface area contributed by atoms with E-state index in [1.807, 2.05) is 0 Å². The summed E-state index contributed by atoms with van der Waals surface area (Å²) >= 11 is 0. The van der Waals surface area contributed by atoms with Crippen molar-refractivity contribution in [2.75, 3.05) is 20.1 Å². The molecule has 2 fully saturated rings. The molecule has 2 heterocycles. The van der Waals surface area contributed by atoms with Crippen molar-refractivity contribution in [3.63, 3.8) is 0 Å². The van der Waals surface area contributed by atoms with Crippen LogP contribution in [-0.4, -0.2) is 52.6 Å². The first kappa shape index (κ1) is 16.0. The van der Waals surface area contributed by atoms with Crippen LogP contribution in [0.4, 0.5) is 4.39 Å². The minimum Gasteiger partial charge on any atom is -0.301 e. The molecule has 4 rings (SSSR count). The van der Waals surface area contributed by atoms with E-state index in [1.165, 1.54) is 38.3 Å². The Labute approximate surface area is 141 Å². The van der Waals surface area contributed by atoms with Gasteiger partial charge in [0.2, 0.25) is 0 Å². The highest BCUT2D eigenvalue weighted by Crippen LogP contribution is 2.47. The summed E-state index contributed by atoms with van der Waals surface area (Å²) < 4.78 is 14.4. The predicted molar refractivity (Wildman–Crippen MR) is 87.4 cm³/mol. The number of amides is 1. The van der Waals surface area contributed by atoms with Crippen LogP contribution in [0.15, 0.2) is 12.1 Å². The molecule has 1 saturated carbocycles. The van der Waals surface area contributed by atoms with Gasteiger partial charge >= 0.3 is 0 Å². The molecule has 0 aromatic heterocycles. The third-order valence-electron chi connectivity index (χ3n) is 6.37. The fourth-order valence-electron chi connectivity index (χ4n) is 4.81. The van der Waals surface area contributed by atoms with Crippen LogP contribution in [0.5, 0.6) is 0 Å². The zero-order valence-electron chi connectivity index (χ0n) is 14.0. The molecule has 0 bridgehead atoms. The van der Waals surface area contributed by atoms with Crippen molar-refractivity contribution in [3.05, 3.63) is 34.6 Å². The van der Waals surface area contributed by atoms with Gasteiger partial charge in [-0.3, -0.25) is 14.9 Å². The van der Waals surface area contributed by atoms with Gasteiger partial charge in [-0.2, -0.15) is 0 Å². The summed E-state index contributed by atoms with van der Waals surface area (Å²) in [6.45, 7) is 2.72. The lowest BCUT2D eigenvalue weighted by atomic mass is 9.70. The minimum absolute atomic E-state index is 0.178. The molecule has 1 aromatic carbocycles. The van der Waals surface area contributed by atoms with E-state index < -0.39 is 5.91 Å². The molecule has 1 spiro atoms. The number of hydroxylamine groups is 1. The van der Waals surface area contributed by atoms with Crippen molar-refractivity contribution >= 4 is 5.91 Å². The van der Waals surface area contributed by atoms with Gasteiger partial charge in [0.15, 0.2) is 0 Å². The summed E-state index contributed by atoms with van der Waals surface area (Å²) in [4.78, 5) is 16.4. The molecule has 0 unspecified atom stereocenters. The standard InChI is InChI=1S/C18H24FN3O2/c1-21-5-2-4-18(21)9-14(10-18)22-6-3-12-7-13(17(23)20-24)8-16(19)15(12)11-22/h7-8,14,24H,2-6,9-11H2,1H3,(H,20,23). The molecule has 1 aromatic rings. The second-order valence-electron chi connectivity index (χ2n) is 7.57. The van der Waals surface area contributed by atoms with Crippen LogP contribution < -0.4 is 5.48 Å². The number of benzene rings is 1. The van der Waals surface area contributed by atoms with Gasteiger partial charge in [-0.05, 0) is 63.4 Å². The topological polar surface area (TPSA) is 55.8 Å². The van der Waals surface area contributed by atoms with Crippen molar-refractivity contribution in [3.8, 4) is 0 Å². The molecule has 5 nitrogen and oxygen atoms in total. The van der Waals surface area contributed by atoms with Crippen LogP contribution in [0.1, 0.15) is 47.2 Å². The van der Waals surface area contributed by atoms with Crippen molar-refractivity contribution in [1.29, 1.82) is 0 Å². The van der Waals surface area contributed by atoms with Gasteiger partial charge in [-0.25, -0.2) is 9.87 Å². The molecule has 3 aliphatic rings. The van der Waals surface area contributed by atoms with Gasteiger partial charge in [0.05, 0.1) is 0 Å². The van der Waals surface area contributed by atoms with Crippen molar-refractivity contribution in [2.45, 2.75) is 50.2 Å². The predicted octanol–water partition coefficient (Wildman–Crippen LogP) is 1.93. The second kappa shape index (κ2) is 5.79. The minimum atomic E-state index is -0.663. The van der Waals surface area contributed by atoms with Crippen LogP contribution >= 0.6 is 0 Å². The van der Waals surface area contributed by atoms with Gasteiger partial charge in [0.25, 0.3) is 5.91 Å². The van der Waals surface area contributed by atoms with Crippen molar-refractivity contribution < 1.29 is 14.4 Å². The molecule has 130 valence electrons. The van der Waals surface area contributed by atoms with Crippen LogP contribution in [0, 0.1) is 5.82 Å². The Morgan fingerprint density at radius 1 is 1.38 bits per heavy atom. The molecular weight excluding hydrogens is 309 g/mol. The maximum Gasteiger partial charge on any atom is 0.274 e. The molecule has 1 saturated heterocycles. The molecule has 0 atom stereocenters. The molecule has 2 aliphatic heterocycles. The highest BCUT2D eigenvalue weighted by atomic mass is 19.1. The van der Waals surface area contributed by atoms with E-state index in [2.05, 4.69) is 16.8 Å². The lowest BCUT2D eigenvalue weighted by Crippen LogP contribution is -2.60. The number of nitrogens with zero attached hydrogens (tertiary/aromatic N) is 2. The van der Waals surface area contributed by atoms with E-state index in [-0.39, 0.29) is 11.4 Å². The maximum atomic E-state index is 14.4. The second-order valence-corrected chi connectivity index (χ2v) is 7.57. The molecular formula is C18H24FN3O2. The molecule has 0 radical (unpaired) electrons. The first-order valence-corrected chi connectivity index (χ1v) is 8.73. The quantitative estimate of drug-likeness (QED) is 0.641. The SMILES string of the molecule is CN1CCCC12CC(N1CCc3cc(C(=O)NO)cc(F)c3C1)C2. The molecule has 1 aliphatic carbocycles. The lowest BCUT2D eigenvalue weighted by Gasteiger charge is -2.54. The van der Waals surface area contributed by atoms with Gasteiger partial charge in [-0.1, -0.05) is 0 Å². The summed E-state index contributed by atoms with van der Waals surface area (Å²) in [6.07, 6.45) is 5.70. The third-order valence-corrected chi connectivity index (χ3v) is 6.37. The van der Waals surface area contributed by atoms with Crippen LogP contribution in [-0.2, 0) is 13.0 Å². The summed E-state index contributed by atoms with van der Waals surface area (Å²) in [7, 11) is 2.22. The first-order chi connectivity index (χ1) is 11.5. The van der Waals surface area contributed by atoms with Gasteiger partial charge < -0.3 is 4.90 Å². The number of fused-ring (bicyclic) bond motifs is 1. The smallest absolute Gasteiger partial charge is 0.274 e. The van der Waals surface area contributed by atoms with E-state index in [9.17, 15) is 9.18 Å². The number of rotatable bonds is 2. The van der Waals surface area contributed by atoms with E-state index in [1.54, 1.807) is 11.5 Å². The summed E-state index contributed by atoms with van der Waals surface area (Å²) in [5.74, 6) is -1.01. The number of halogens is 1. The Morgan fingerprint density at radius 3 is 2.83 bits per heavy atom. The third kappa shape index (κ3) is 2.44. The molecule has 24 heavy (non-hydrogen) atoms. The number of hydrogen-bond donors (Lipinski definition) is 2. The Morgan fingerprint density at radius 2 is 2.17 bits per heavy atom. The van der Waals surface area contributed by atoms with Crippen LogP contribution in [0.3, 0.4) is 0 Å². The summed E-state index contributed by atoms with van der Waals surface area (Å²) in [5.41, 5.74) is 3.74. The highest BCUT2D eigenvalue weighted by molar-refractivity contribution is 5.93.